The number of nitrogens with two attached hydrogens (primary N) is 1. The molecule has 0 spiro atoms. The van der Waals surface area contributed by atoms with Crippen molar-refractivity contribution in [3.8, 4) is 11.1 Å². The molecule has 3 aromatic rings. The van der Waals surface area contributed by atoms with Crippen LogP contribution in [0.5, 0.6) is 0 Å². The van der Waals surface area contributed by atoms with Gasteiger partial charge in [0.05, 0.1) is 16.1 Å². The lowest BCUT2D eigenvalue weighted by atomic mass is 10.0. The Hall–Kier alpha value is -3.00. The van der Waals surface area contributed by atoms with Gasteiger partial charge in [0.2, 0.25) is 0 Å². The summed E-state index contributed by atoms with van der Waals surface area (Å²) in [7, 11) is -3.24. The Morgan fingerprint density at radius 1 is 1.10 bits per heavy atom. The Morgan fingerprint density at radius 2 is 1.76 bits per heavy atom. The smallest absolute Gasteiger partial charge is 0.271 e. The summed E-state index contributed by atoms with van der Waals surface area (Å²) in [4.78, 5) is 14.4. The summed E-state index contributed by atoms with van der Waals surface area (Å²) in [5, 5.41) is 9.18. The number of primary amides is 1. The third-order valence-electron chi connectivity index (χ3n) is 5.20. The van der Waals surface area contributed by atoms with E-state index in [1.165, 1.54) is 6.26 Å². The van der Waals surface area contributed by atoms with Crippen LogP contribution < -0.4 is 10.6 Å². The van der Waals surface area contributed by atoms with Gasteiger partial charge in [-0.15, -0.1) is 10.2 Å². The second-order valence-corrected chi connectivity index (χ2v) is 9.32. The maximum Gasteiger partial charge on any atom is 0.271 e. The van der Waals surface area contributed by atoms with E-state index in [1.54, 1.807) is 24.3 Å². The third kappa shape index (κ3) is 3.67. The Bertz CT molecular complexity index is 1200. The van der Waals surface area contributed by atoms with Crippen LogP contribution in [-0.4, -0.2) is 43.4 Å². The molecule has 0 atom stereocenters. The highest BCUT2D eigenvalue weighted by Gasteiger charge is 2.32. The fourth-order valence-electron chi connectivity index (χ4n) is 3.61. The minimum atomic E-state index is -3.24. The molecule has 2 aromatic carbocycles. The first-order valence-electron chi connectivity index (χ1n) is 9.47. The van der Waals surface area contributed by atoms with Crippen LogP contribution in [0.25, 0.3) is 22.0 Å². The molecule has 1 heterocycles. The van der Waals surface area contributed by atoms with Crippen LogP contribution >= 0.6 is 0 Å². The molecule has 0 radical (unpaired) electrons. The average molecular weight is 410 g/mol. The van der Waals surface area contributed by atoms with Gasteiger partial charge in [-0.05, 0) is 55.2 Å². The van der Waals surface area contributed by atoms with E-state index in [0.717, 1.165) is 41.6 Å². The molecule has 7 nitrogen and oxygen atoms in total. The number of carbonyl (C=O) groups excluding carboxylic acids is 1. The van der Waals surface area contributed by atoms with Crippen molar-refractivity contribution >= 4 is 32.3 Å². The quantitative estimate of drug-likeness (QED) is 0.670. The number of rotatable bonds is 6. The van der Waals surface area contributed by atoms with Gasteiger partial charge in [-0.25, -0.2) is 8.42 Å². The highest BCUT2D eigenvalue weighted by molar-refractivity contribution is 7.90. The second-order valence-electron chi connectivity index (χ2n) is 7.31. The minimum Gasteiger partial charge on any atom is -0.366 e. The molecule has 1 aliphatic rings. The van der Waals surface area contributed by atoms with E-state index in [1.807, 2.05) is 25.1 Å². The number of fused-ring (bicyclic) bond motifs is 1. The Morgan fingerprint density at radius 3 is 2.31 bits per heavy atom. The zero-order valence-corrected chi connectivity index (χ0v) is 17.1. The van der Waals surface area contributed by atoms with Gasteiger partial charge in [0.1, 0.15) is 0 Å². The summed E-state index contributed by atoms with van der Waals surface area (Å²) in [6.45, 7) is 2.80. The predicted molar refractivity (Wildman–Crippen MR) is 113 cm³/mol. The van der Waals surface area contributed by atoms with Gasteiger partial charge >= 0.3 is 0 Å². The molecule has 1 aromatic heterocycles. The molecule has 0 bridgehead atoms. The van der Waals surface area contributed by atoms with E-state index in [0.29, 0.717) is 11.6 Å². The van der Waals surface area contributed by atoms with E-state index < -0.39 is 15.7 Å². The fourth-order valence-corrected chi connectivity index (χ4v) is 4.24. The lowest BCUT2D eigenvalue weighted by molar-refractivity contribution is 0.0995. The van der Waals surface area contributed by atoms with Crippen molar-refractivity contribution in [2.75, 3.05) is 17.7 Å². The summed E-state index contributed by atoms with van der Waals surface area (Å²) in [5.74, 6) is -0.589. The largest absolute Gasteiger partial charge is 0.366 e. The standard InChI is InChI=1S/C21H22N4O3S/c1-3-25(15-7-8-15)20-17-11-6-14(12-18(17)23-24-19(20)21(22)26)13-4-9-16(10-5-13)29(2,27)28/h4-6,9-12,15H,3,7-8H2,1-2H3,(H2,22,26). The molecule has 1 saturated carbocycles. The van der Waals surface area contributed by atoms with Crippen LogP contribution in [0.2, 0.25) is 0 Å². The van der Waals surface area contributed by atoms with Crippen molar-refractivity contribution in [1.29, 1.82) is 0 Å². The molecule has 2 N–H and O–H groups in total. The van der Waals surface area contributed by atoms with Gasteiger partial charge in [-0.2, -0.15) is 0 Å². The number of nitrogens with zero attached hydrogens (tertiary/aromatic N) is 3. The van der Waals surface area contributed by atoms with Crippen LogP contribution in [0.15, 0.2) is 47.4 Å². The summed E-state index contributed by atoms with van der Waals surface area (Å²) in [5.41, 5.74) is 8.93. The fraction of sp³-hybridized carbons (Fsp3) is 0.286. The number of benzene rings is 2. The van der Waals surface area contributed by atoms with Gasteiger partial charge < -0.3 is 10.6 Å². The maximum atomic E-state index is 12.0. The normalized spacial score (nSPS) is 14.1. The van der Waals surface area contributed by atoms with Crippen LogP contribution in [-0.2, 0) is 9.84 Å². The number of sulfone groups is 1. The summed E-state index contributed by atoms with van der Waals surface area (Å²) in [6, 6.07) is 12.9. The van der Waals surface area contributed by atoms with Gasteiger partial charge in [-0.3, -0.25) is 4.79 Å². The SMILES string of the molecule is CCN(c1c(C(N)=O)nnc2cc(-c3ccc(S(C)(=O)=O)cc3)ccc12)C1CC1. The molecule has 0 aliphatic heterocycles. The van der Waals surface area contributed by atoms with Crippen molar-refractivity contribution in [3.05, 3.63) is 48.2 Å². The number of hydrogen-bond acceptors (Lipinski definition) is 6. The molecule has 1 amide bonds. The van der Waals surface area contributed by atoms with Crippen molar-refractivity contribution in [2.45, 2.75) is 30.7 Å². The molecule has 0 saturated heterocycles. The van der Waals surface area contributed by atoms with Gasteiger partial charge in [0.15, 0.2) is 15.5 Å². The zero-order chi connectivity index (χ0) is 20.8. The first-order valence-corrected chi connectivity index (χ1v) is 11.4. The topological polar surface area (TPSA) is 106 Å². The molecular weight excluding hydrogens is 388 g/mol. The average Bonchev–Trinajstić information content (AvgIpc) is 3.52. The first kappa shape index (κ1) is 19.3. The molecular formula is C21H22N4O3S. The molecule has 0 unspecified atom stereocenters. The molecule has 29 heavy (non-hydrogen) atoms. The first-order chi connectivity index (χ1) is 13.8. The highest BCUT2D eigenvalue weighted by Crippen LogP contribution is 2.37. The summed E-state index contributed by atoms with van der Waals surface area (Å²) >= 11 is 0. The Kier molecular flexibility index (Phi) is 4.74. The zero-order valence-electron chi connectivity index (χ0n) is 16.3. The molecule has 4 rings (SSSR count). The van der Waals surface area contributed by atoms with Crippen molar-refractivity contribution < 1.29 is 13.2 Å². The Labute approximate surface area is 169 Å². The van der Waals surface area contributed by atoms with E-state index in [2.05, 4.69) is 15.1 Å². The van der Waals surface area contributed by atoms with Crippen molar-refractivity contribution in [2.24, 2.45) is 5.73 Å². The number of anilines is 1. The van der Waals surface area contributed by atoms with Crippen LogP contribution in [0.1, 0.15) is 30.3 Å². The van der Waals surface area contributed by atoms with E-state index in [-0.39, 0.29) is 10.6 Å². The summed E-state index contributed by atoms with van der Waals surface area (Å²) in [6.07, 6.45) is 3.35. The van der Waals surface area contributed by atoms with Gasteiger partial charge in [-0.1, -0.05) is 18.2 Å². The number of carbonyl (C=O) groups is 1. The maximum absolute atomic E-state index is 12.0. The number of aromatic nitrogens is 2. The van der Waals surface area contributed by atoms with E-state index in [4.69, 9.17) is 5.73 Å². The van der Waals surface area contributed by atoms with Gasteiger partial charge in [0.25, 0.3) is 5.91 Å². The number of amides is 1. The van der Waals surface area contributed by atoms with E-state index in [9.17, 15) is 13.2 Å². The molecule has 8 heteroatoms. The summed E-state index contributed by atoms with van der Waals surface area (Å²) < 4.78 is 23.3. The Balaban J connectivity index is 1.83. The van der Waals surface area contributed by atoms with Crippen molar-refractivity contribution in [1.82, 2.24) is 10.2 Å². The lowest BCUT2D eigenvalue weighted by Gasteiger charge is -2.25. The predicted octanol–water partition coefficient (Wildman–Crippen LogP) is 2.79. The number of hydrogen-bond donors (Lipinski definition) is 1. The van der Waals surface area contributed by atoms with Crippen LogP contribution in [0, 0.1) is 0 Å². The van der Waals surface area contributed by atoms with Gasteiger partial charge in [0, 0.05) is 24.2 Å². The molecule has 150 valence electrons. The highest BCUT2D eigenvalue weighted by atomic mass is 32.2. The lowest BCUT2D eigenvalue weighted by Crippen LogP contribution is -2.29. The van der Waals surface area contributed by atoms with Crippen molar-refractivity contribution in [3.63, 3.8) is 0 Å². The third-order valence-corrected chi connectivity index (χ3v) is 6.33. The molecule has 1 fully saturated rings. The monoisotopic (exact) mass is 410 g/mol. The van der Waals surface area contributed by atoms with Crippen LogP contribution in [0.4, 0.5) is 5.69 Å². The second kappa shape index (κ2) is 7.11. The minimum absolute atomic E-state index is 0.191. The van der Waals surface area contributed by atoms with E-state index >= 15 is 0 Å². The molecule has 1 aliphatic carbocycles. The van der Waals surface area contributed by atoms with Crippen LogP contribution in [0.3, 0.4) is 0 Å².